The molecule has 1 amide bonds. The average Bonchev–Trinajstić information content (AvgIpc) is 3.21. The van der Waals surface area contributed by atoms with E-state index in [4.69, 9.17) is 4.74 Å². The Balaban J connectivity index is 1.59. The molecule has 1 N–H and O–H groups in total. The second kappa shape index (κ2) is 9.05. The number of esters is 1. The van der Waals surface area contributed by atoms with Crippen LogP contribution in [0.2, 0.25) is 0 Å². The predicted molar refractivity (Wildman–Crippen MR) is 105 cm³/mol. The summed E-state index contributed by atoms with van der Waals surface area (Å²) in [5.41, 5.74) is 1.88. The van der Waals surface area contributed by atoms with Gasteiger partial charge in [0, 0.05) is 11.4 Å². The molecule has 0 fully saturated rings. The van der Waals surface area contributed by atoms with Crippen LogP contribution in [0.3, 0.4) is 0 Å². The Morgan fingerprint density at radius 1 is 1.07 bits per heavy atom. The number of methoxy groups -OCH3 is 2. The first-order chi connectivity index (χ1) is 13.6. The number of ether oxygens (including phenoxy) is 2. The van der Waals surface area contributed by atoms with Gasteiger partial charge < -0.3 is 14.8 Å². The van der Waals surface area contributed by atoms with Crippen molar-refractivity contribution >= 4 is 29.3 Å². The van der Waals surface area contributed by atoms with Crippen LogP contribution in [0.15, 0.2) is 60.0 Å². The lowest BCUT2D eigenvalue weighted by Gasteiger charge is -2.08. The first-order valence-corrected chi connectivity index (χ1v) is 9.24. The van der Waals surface area contributed by atoms with Gasteiger partial charge in [-0.1, -0.05) is 11.8 Å². The van der Waals surface area contributed by atoms with Crippen LogP contribution in [0.5, 0.6) is 5.75 Å². The van der Waals surface area contributed by atoms with Gasteiger partial charge in [0.15, 0.2) is 5.16 Å². The second-order valence-corrected chi connectivity index (χ2v) is 6.53. The molecule has 144 valence electrons. The maximum Gasteiger partial charge on any atom is 0.337 e. The van der Waals surface area contributed by atoms with Gasteiger partial charge in [-0.05, 0) is 48.5 Å². The van der Waals surface area contributed by atoms with Crippen molar-refractivity contribution in [2.75, 3.05) is 25.3 Å². The highest BCUT2D eigenvalue weighted by molar-refractivity contribution is 7.99. The maximum absolute atomic E-state index is 12.2. The molecule has 3 aromatic rings. The molecule has 0 saturated carbocycles. The van der Waals surface area contributed by atoms with Gasteiger partial charge in [-0.3, -0.25) is 9.36 Å². The smallest absolute Gasteiger partial charge is 0.337 e. The summed E-state index contributed by atoms with van der Waals surface area (Å²) < 4.78 is 11.6. The third-order valence-corrected chi connectivity index (χ3v) is 4.73. The van der Waals surface area contributed by atoms with Crippen molar-refractivity contribution in [2.45, 2.75) is 5.16 Å². The van der Waals surface area contributed by atoms with Crippen LogP contribution < -0.4 is 10.1 Å². The molecular weight excluding hydrogens is 380 g/mol. The van der Waals surface area contributed by atoms with Gasteiger partial charge in [0.05, 0.1) is 25.5 Å². The van der Waals surface area contributed by atoms with E-state index in [1.165, 1.54) is 18.9 Å². The molecule has 9 heteroatoms. The van der Waals surface area contributed by atoms with E-state index in [1.54, 1.807) is 42.3 Å². The van der Waals surface area contributed by atoms with Crippen molar-refractivity contribution in [3.8, 4) is 11.4 Å². The molecule has 3 rings (SSSR count). The molecule has 8 nitrogen and oxygen atoms in total. The second-order valence-electron chi connectivity index (χ2n) is 5.59. The predicted octanol–water partition coefficient (Wildman–Crippen LogP) is 2.79. The quantitative estimate of drug-likeness (QED) is 0.483. The van der Waals surface area contributed by atoms with Crippen LogP contribution in [-0.4, -0.2) is 46.6 Å². The molecule has 0 aliphatic carbocycles. The van der Waals surface area contributed by atoms with Gasteiger partial charge in [0.1, 0.15) is 12.1 Å². The minimum Gasteiger partial charge on any atom is -0.497 e. The van der Waals surface area contributed by atoms with Crippen LogP contribution in [0.25, 0.3) is 5.69 Å². The number of nitrogens with zero attached hydrogens (tertiary/aromatic N) is 3. The summed E-state index contributed by atoms with van der Waals surface area (Å²) in [5.74, 6) is 0.295. The Hall–Kier alpha value is -3.33. The zero-order valence-corrected chi connectivity index (χ0v) is 16.1. The van der Waals surface area contributed by atoms with Crippen LogP contribution in [0.4, 0.5) is 5.69 Å². The number of aromatic nitrogens is 3. The highest BCUT2D eigenvalue weighted by Crippen LogP contribution is 2.21. The van der Waals surface area contributed by atoms with E-state index in [9.17, 15) is 9.59 Å². The highest BCUT2D eigenvalue weighted by Gasteiger charge is 2.11. The largest absolute Gasteiger partial charge is 0.497 e. The van der Waals surface area contributed by atoms with Crippen molar-refractivity contribution in [3.05, 3.63) is 60.4 Å². The summed E-state index contributed by atoms with van der Waals surface area (Å²) in [7, 11) is 2.93. The number of benzene rings is 2. The van der Waals surface area contributed by atoms with Gasteiger partial charge in [-0.15, -0.1) is 10.2 Å². The number of rotatable bonds is 7. The fourth-order valence-electron chi connectivity index (χ4n) is 2.38. The number of thioether (sulfide) groups is 1. The van der Waals surface area contributed by atoms with Crippen LogP contribution in [0, 0.1) is 0 Å². The lowest BCUT2D eigenvalue weighted by atomic mass is 10.2. The van der Waals surface area contributed by atoms with E-state index in [1.807, 2.05) is 24.3 Å². The van der Waals surface area contributed by atoms with Crippen molar-refractivity contribution < 1.29 is 19.1 Å². The Morgan fingerprint density at radius 3 is 2.43 bits per heavy atom. The molecule has 0 aliphatic rings. The van der Waals surface area contributed by atoms with E-state index < -0.39 is 5.97 Å². The van der Waals surface area contributed by atoms with Crippen LogP contribution >= 0.6 is 11.8 Å². The van der Waals surface area contributed by atoms with Crippen LogP contribution in [0.1, 0.15) is 10.4 Å². The number of carbonyl (C=O) groups excluding carboxylic acids is 2. The molecule has 0 spiro atoms. The SMILES string of the molecule is COC(=O)c1ccc(NC(=O)CSc2nncn2-c2ccc(OC)cc2)cc1. The van der Waals surface area contributed by atoms with Crippen molar-refractivity contribution in [3.63, 3.8) is 0 Å². The van der Waals surface area contributed by atoms with E-state index >= 15 is 0 Å². The van der Waals surface area contributed by atoms with E-state index in [0.29, 0.717) is 16.4 Å². The molecule has 2 aromatic carbocycles. The molecule has 0 unspecified atom stereocenters. The zero-order chi connectivity index (χ0) is 19.9. The Kier molecular flexibility index (Phi) is 6.28. The number of carbonyl (C=O) groups is 2. The first-order valence-electron chi connectivity index (χ1n) is 8.26. The topological polar surface area (TPSA) is 95.3 Å². The van der Waals surface area contributed by atoms with Gasteiger partial charge in [-0.2, -0.15) is 0 Å². The van der Waals surface area contributed by atoms with Crippen molar-refractivity contribution in [1.29, 1.82) is 0 Å². The Labute approximate surface area is 165 Å². The fraction of sp³-hybridized carbons (Fsp3) is 0.158. The third-order valence-electron chi connectivity index (χ3n) is 3.79. The summed E-state index contributed by atoms with van der Waals surface area (Å²) in [6.07, 6.45) is 1.59. The highest BCUT2D eigenvalue weighted by atomic mass is 32.2. The van der Waals surface area contributed by atoms with Gasteiger partial charge in [-0.25, -0.2) is 4.79 Å². The van der Waals surface area contributed by atoms with Gasteiger partial charge in [0.2, 0.25) is 5.91 Å². The van der Waals surface area contributed by atoms with E-state index in [2.05, 4.69) is 20.3 Å². The lowest BCUT2D eigenvalue weighted by Crippen LogP contribution is -2.14. The molecule has 28 heavy (non-hydrogen) atoms. The summed E-state index contributed by atoms with van der Waals surface area (Å²) in [5, 5.41) is 11.4. The molecule has 0 bridgehead atoms. The monoisotopic (exact) mass is 398 g/mol. The third kappa shape index (κ3) is 4.68. The van der Waals surface area contributed by atoms with Gasteiger partial charge in [0.25, 0.3) is 0 Å². The van der Waals surface area contributed by atoms with E-state index in [-0.39, 0.29) is 11.7 Å². The van der Waals surface area contributed by atoms with Crippen LogP contribution in [-0.2, 0) is 9.53 Å². The van der Waals surface area contributed by atoms with Gasteiger partial charge >= 0.3 is 5.97 Å². The standard InChI is InChI=1S/C19H18N4O4S/c1-26-16-9-7-15(8-10-16)23-12-20-22-19(23)28-11-17(24)21-14-5-3-13(4-6-14)18(25)27-2/h3-10,12H,11H2,1-2H3,(H,21,24). The summed E-state index contributed by atoms with van der Waals surface area (Å²) in [6.45, 7) is 0. The lowest BCUT2D eigenvalue weighted by molar-refractivity contribution is -0.113. The number of hydrogen-bond acceptors (Lipinski definition) is 7. The van der Waals surface area contributed by atoms with E-state index in [0.717, 1.165) is 11.4 Å². The summed E-state index contributed by atoms with van der Waals surface area (Å²) >= 11 is 1.27. The minimum atomic E-state index is -0.425. The molecule has 1 aromatic heterocycles. The number of hydrogen-bond donors (Lipinski definition) is 1. The molecule has 0 atom stereocenters. The molecule has 0 radical (unpaired) electrons. The number of nitrogens with one attached hydrogen (secondary N) is 1. The molecule has 0 aliphatic heterocycles. The zero-order valence-electron chi connectivity index (χ0n) is 15.3. The molecular formula is C19H18N4O4S. The molecule has 1 heterocycles. The normalized spacial score (nSPS) is 10.4. The first kappa shape index (κ1) is 19.4. The molecule has 0 saturated heterocycles. The maximum atomic E-state index is 12.2. The Morgan fingerprint density at radius 2 is 1.79 bits per heavy atom. The number of amides is 1. The van der Waals surface area contributed by atoms with Crippen molar-refractivity contribution in [2.24, 2.45) is 0 Å². The summed E-state index contributed by atoms with van der Waals surface area (Å²) in [6, 6.07) is 13.9. The number of anilines is 1. The fourth-order valence-corrected chi connectivity index (χ4v) is 3.11. The summed E-state index contributed by atoms with van der Waals surface area (Å²) in [4.78, 5) is 23.6. The Bertz CT molecular complexity index is 955. The van der Waals surface area contributed by atoms with Crippen molar-refractivity contribution in [1.82, 2.24) is 14.8 Å². The minimum absolute atomic E-state index is 0.160. The average molecular weight is 398 g/mol.